The molecule has 4 heterocycles. The van der Waals surface area contributed by atoms with Gasteiger partial charge in [0.1, 0.15) is 40.1 Å². The summed E-state index contributed by atoms with van der Waals surface area (Å²) in [5.74, 6) is 5.32. The Labute approximate surface area is 379 Å². The van der Waals surface area contributed by atoms with E-state index >= 15 is 0 Å². The zero-order valence-corrected chi connectivity index (χ0v) is 37.8. The molecule has 0 fully saturated rings. The summed E-state index contributed by atoms with van der Waals surface area (Å²) in [5.41, 5.74) is 7.60. The molecular formula is C51H30Br4O5. The molecule has 0 saturated heterocycles. The Balaban J connectivity index is 0.000000118. The summed E-state index contributed by atoms with van der Waals surface area (Å²) in [6, 6.07) is 56.1. The van der Waals surface area contributed by atoms with E-state index in [4.69, 9.17) is 18.6 Å². The number of ether oxygens (including phenoxy) is 3. The average Bonchev–Trinajstić information content (AvgIpc) is 3.28. The molecule has 9 aromatic rings. The second-order valence-corrected chi connectivity index (χ2v) is 17.8. The van der Waals surface area contributed by atoms with E-state index in [2.05, 4.69) is 124 Å². The first-order valence-electron chi connectivity index (χ1n) is 19.1. The van der Waals surface area contributed by atoms with Crippen molar-refractivity contribution in [3.05, 3.63) is 231 Å². The molecule has 0 unspecified atom stereocenters. The van der Waals surface area contributed by atoms with Gasteiger partial charge in [0.05, 0.1) is 34.1 Å². The fourth-order valence-electron chi connectivity index (χ4n) is 8.30. The Bertz CT molecular complexity index is 3110. The van der Waals surface area contributed by atoms with Crippen LogP contribution in [0.1, 0.15) is 33.4 Å². The standard InChI is InChI=1S/C25H14Br2O2.C13H7BrO2.C13H9BrO/c26-19-11-5-9-17-23(19)28-21-13-3-1-7-15(21)25(17)16-8-2-4-14-22(16)29-24-18(25)10-6-12-20(24)27;14-10-6-3-5-9-12(15)8-4-1-2-7-11(8)16-13(9)10;14-11-6-3-5-10-8-9-4-1-2-7-12(9)15-13(10)11/h1-14H;1-7H;1-7H,8H2. The highest BCUT2D eigenvalue weighted by atomic mass is 79.9. The number of para-hydroxylation sites is 8. The van der Waals surface area contributed by atoms with Crippen molar-refractivity contribution in [3.8, 4) is 34.5 Å². The predicted molar refractivity (Wildman–Crippen MR) is 251 cm³/mol. The molecular weight excluding hydrogens is 1010 g/mol. The highest BCUT2D eigenvalue weighted by molar-refractivity contribution is 9.11. The van der Waals surface area contributed by atoms with Gasteiger partial charge < -0.3 is 18.6 Å². The van der Waals surface area contributed by atoms with E-state index in [0.29, 0.717) is 21.9 Å². The van der Waals surface area contributed by atoms with E-state index in [1.54, 1.807) is 18.2 Å². The van der Waals surface area contributed by atoms with Gasteiger partial charge in [-0.3, -0.25) is 4.79 Å². The molecule has 12 rings (SSSR count). The van der Waals surface area contributed by atoms with Crippen LogP contribution in [0.15, 0.2) is 197 Å². The Morgan fingerprint density at radius 1 is 0.400 bits per heavy atom. The average molecular weight is 1040 g/mol. The molecule has 9 heteroatoms. The van der Waals surface area contributed by atoms with Gasteiger partial charge in [-0.15, -0.1) is 0 Å². The lowest BCUT2D eigenvalue weighted by molar-refractivity contribution is 0.396. The van der Waals surface area contributed by atoms with Crippen LogP contribution in [-0.2, 0) is 11.8 Å². The van der Waals surface area contributed by atoms with Crippen LogP contribution in [-0.4, -0.2) is 0 Å². The maximum Gasteiger partial charge on any atom is 0.200 e. The zero-order valence-electron chi connectivity index (χ0n) is 31.4. The number of halogens is 4. The molecule has 0 N–H and O–H groups in total. The Hall–Kier alpha value is -5.45. The van der Waals surface area contributed by atoms with Crippen LogP contribution in [0.2, 0.25) is 0 Å². The Morgan fingerprint density at radius 3 is 1.52 bits per heavy atom. The summed E-state index contributed by atoms with van der Waals surface area (Å²) in [7, 11) is 0. The molecule has 292 valence electrons. The molecule has 8 aromatic carbocycles. The molecule has 0 aliphatic carbocycles. The molecule has 0 bridgehead atoms. The number of fused-ring (bicyclic) bond motifs is 12. The van der Waals surface area contributed by atoms with Gasteiger partial charge >= 0.3 is 0 Å². The molecule has 1 aromatic heterocycles. The monoisotopic (exact) mass is 1040 g/mol. The minimum Gasteiger partial charge on any atom is -0.456 e. The number of benzene rings is 8. The van der Waals surface area contributed by atoms with Gasteiger partial charge in [0, 0.05) is 34.2 Å². The van der Waals surface area contributed by atoms with Crippen molar-refractivity contribution in [2.75, 3.05) is 0 Å². The molecule has 0 saturated carbocycles. The van der Waals surface area contributed by atoms with Gasteiger partial charge in [-0.1, -0.05) is 109 Å². The highest BCUT2D eigenvalue weighted by Gasteiger charge is 2.51. The summed E-state index contributed by atoms with van der Waals surface area (Å²) in [6.07, 6.45) is 0.949. The van der Waals surface area contributed by atoms with Crippen molar-refractivity contribution in [2.24, 2.45) is 0 Å². The fraction of sp³-hybridized carbons (Fsp3) is 0.0392. The Morgan fingerprint density at radius 2 is 0.850 bits per heavy atom. The van der Waals surface area contributed by atoms with E-state index in [1.807, 2.05) is 91.0 Å². The molecule has 5 nitrogen and oxygen atoms in total. The molecule has 60 heavy (non-hydrogen) atoms. The predicted octanol–water partition coefficient (Wildman–Crippen LogP) is 15.7. The van der Waals surface area contributed by atoms with Crippen LogP contribution < -0.4 is 19.6 Å². The third kappa shape index (κ3) is 6.50. The summed E-state index contributed by atoms with van der Waals surface area (Å²) >= 11 is 14.3. The third-order valence-electron chi connectivity index (χ3n) is 10.9. The molecule has 0 radical (unpaired) electrons. The lowest BCUT2D eigenvalue weighted by Crippen LogP contribution is -2.37. The fourth-order valence-corrected chi connectivity index (χ4v) is 10.1. The van der Waals surface area contributed by atoms with E-state index in [9.17, 15) is 4.79 Å². The van der Waals surface area contributed by atoms with Crippen molar-refractivity contribution in [2.45, 2.75) is 11.8 Å². The van der Waals surface area contributed by atoms with Gasteiger partial charge in [0.2, 0.25) is 5.43 Å². The van der Waals surface area contributed by atoms with Crippen LogP contribution in [0, 0.1) is 0 Å². The van der Waals surface area contributed by atoms with Crippen LogP contribution in [0.5, 0.6) is 34.5 Å². The van der Waals surface area contributed by atoms with Crippen molar-refractivity contribution in [1.82, 2.24) is 0 Å². The van der Waals surface area contributed by atoms with Gasteiger partial charge in [-0.05, 0) is 130 Å². The molecule has 0 amide bonds. The van der Waals surface area contributed by atoms with Gasteiger partial charge in [-0.25, -0.2) is 0 Å². The second-order valence-electron chi connectivity index (χ2n) is 14.3. The van der Waals surface area contributed by atoms with Crippen LogP contribution >= 0.6 is 63.7 Å². The van der Waals surface area contributed by atoms with Gasteiger partial charge in [0.25, 0.3) is 0 Å². The van der Waals surface area contributed by atoms with Crippen LogP contribution in [0.4, 0.5) is 0 Å². The number of hydrogen-bond acceptors (Lipinski definition) is 5. The number of rotatable bonds is 0. The maximum atomic E-state index is 12.2. The van der Waals surface area contributed by atoms with Crippen molar-refractivity contribution < 1.29 is 18.6 Å². The summed E-state index contributed by atoms with van der Waals surface area (Å²) in [6.45, 7) is 0. The normalized spacial score (nSPS) is 13.2. The quantitative estimate of drug-likeness (QED) is 0.142. The van der Waals surface area contributed by atoms with Crippen molar-refractivity contribution in [3.63, 3.8) is 0 Å². The third-order valence-corrected chi connectivity index (χ3v) is 13.4. The molecule has 3 aliphatic rings. The summed E-state index contributed by atoms with van der Waals surface area (Å²) in [4.78, 5) is 12.2. The molecule has 3 aliphatic heterocycles. The lowest BCUT2D eigenvalue weighted by Gasteiger charge is -2.45. The molecule has 1 spiro atoms. The summed E-state index contributed by atoms with van der Waals surface area (Å²) in [5, 5.41) is 1.22. The minimum atomic E-state index is -0.540. The maximum absolute atomic E-state index is 12.2. The van der Waals surface area contributed by atoms with Crippen LogP contribution in [0.25, 0.3) is 21.9 Å². The minimum absolute atomic E-state index is 0.0122. The van der Waals surface area contributed by atoms with E-state index in [1.165, 1.54) is 11.1 Å². The van der Waals surface area contributed by atoms with Gasteiger partial charge in [0.15, 0.2) is 5.58 Å². The zero-order chi connectivity index (χ0) is 41.0. The first kappa shape index (κ1) is 38.7. The first-order chi connectivity index (χ1) is 29.3. The van der Waals surface area contributed by atoms with E-state index in [0.717, 1.165) is 81.1 Å². The Kier molecular flexibility index (Phi) is 10.2. The topological polar surface area (TPSA) is 57.9 Å². The molecule has 0 atom stereocenters. The van der Waals surface area contributed by atoms with Gasteiger partial charge in [-0.2, -0.15) is 0 Å². The SMILES string of the molecule is Brc1cccc2c1Oc1ccccc1C2.Brc1cccc2c1Oc1ccccc1C21c2ccccc2Oc2c(Br)cccc21.O=c1c2ccccc2oc2c(Br)cccc12. The van der Waals surface area contributed by atoms with E-state index in [-0.39, 0.29) is 5.43 Å². The van der Waals surface area contributed by atoms with E-state index < -0.39 is 5.41 Å². The lowest BCUT2D eigenvalue weighted by atomic mass is 9.62. The highest BCUT2D eigenvalue weighted by Crippen LogP contribution is 2.63. The first-order valence-corrected chi connectivity index (χ1v) is 22.3. The second kappa shape index (κ2) is 15.9. The van der Waals surface area contributed by atoms with Crippen LogP contribution in [0.3, 0.4) is 0 Å². The van der Waals surface area contributed by atoms with Crippen molar-refractivity contribution >= 4 is 85.7 Å². The largest absolute Gasteiger partial charge is 0.456 e. The van der Waals surface area contributed by atoms with Crippen molar-refractivity contribution in [1.29, 1.82) is 0 Å². The summed E-state index contributed by atoms with van der Waals surface area (Å²) < 4.78 is 28.1. The smallest absolute Gasteiger partial charge is 0.200 e. The number of hydrogen-bond donors (Lipinski definition) is 0.